The molecule has 1 saturated carbocycles. The molecule has 1 fully saturated rings. The van der Waals surface area contributed by atoms with Gasteiger partial charge in [0.2, 0.25) is 0 Å². The van der Waals surface area contributed by atoms with Gasteiger partial charge >= 0.3 is 0 Å². The van der Waals surface area contributed by atoms with Crippen molar-refractivity contribution in [3.05, 3.63) is 0 Å². The lowest BCUT2D eigenvalue weighted by molar-refractivity contribution is 0.203. The quantitative estimate of drug-likeness (QED) is 0.562. The van der Waals surface area contributed by atoms with Gasteiger partial charge in [0.1, 0.15) is 0 Å². The van der Waals surface area contributed by atoms with Gasteiger partial charge in [-0.3, -0.25) is 4.99 Å². The molecule has 3 nitrogen and oxygen atoms in total. The van der Waals surface area contributed by atoms with E-state index in [-0.39, 0.29) is 6.04 Å². The van der Waals surface area contributed by atoms with E-state index in [2.05, 4.69) is 37.7 Å². The normalized spacial score (nSPS) is 28.2. The van der Waals surface area contributed by atoms with Crippen LogP contribution < -0.4 is 5.73 Å². The van der Waals surface area contributed by atoms with Crippen LogP contribution in [0.25, 0.3) is 0 Å². The summed E-state index contributed by atoms with van der Waals surface area (Å²) in [5.74, 6) is 1.44. The van der Waals surface area contributed by atoms with Crippen LogP contribution in [0.2, 0.25) is 0 Å². The molecule has 2 atom stereocenters. The van der Waals surface area contributed by atoms with Crippen LogP contribution in [0.5, 0.6) is 0 Å². The predicted molar refractivity (Wildman–Crippen MR) is 65.9 cm³/mol. The van der Waals surface area contributed by atoms with Crippen LogP contribution in [-0.4, -0.2) is 30.0 Å². The van der Waals surface area contributed by atoms with Gasteiger partial charge in [0.05, 0.1) is 0 Å². The fourth-order valence-corrected chi connectivity index (χ4v) is 2.40. The Kier molecular flexibility index (Phi) is 4.43. The lowest BCUT2D eigenvalue weighted by Crippen LogP contribution is -2.46. The molecular formula is C12H25N3. The molecule has 3 heteroatoms. The maximum absolute atomic E-state index is 5.99. The number of hydrogen-bond donors (Lipinski definition) is 1. The van der Waals surface area contributed by atoms with Gasteiger partial charge in [0.15, 0.2) is 5.96 Å². The topological polar surface area (TPSA) is 41.6 Å². The van der Waals surface area contributed by atoms with Crippen molar-refractivity contribution in [2.24, 2.45) is 16.6 Å². The minimum atomic E-state index is 0.284. The van der Waals surface area contributed by atoms with Gasteiger partial charge in [0, 0.05) is 19.1 Å². The van der Waals surface area contributed by atoms with Crippen molar-refractivity contribution in [3.8, 4) is 0 Å². The zero-order chi connectivity index (χ0) is 11.4. The molecule has 0 saturated heterocycles. The van der Waals surface area contributed by atoms with Gasteiger partial charge in [-0.1, -0.05) is 19.8 Å². The molecule has 1 aliphatic carbocycles. The Morgan fingerprint density at radius 1 is 1.33 bits per heavy atom. The van der Waals surface area contributed by atoms with Crippen molar-refractivity contribution < 1.29 is 0 Å². The molecule has 0 bridgehead atoms. The van der Waals surface area contributed by atoms with Crippen LogP contribution in [-0.2, 0) is 0 Å². The van der Waals surface area contributed by atoms with E-state index in [1.807, 2.05) is 0 Å². The molecular weight excluding hydrogens is 186 g/mol. The maximum Gasteiger partial charge on any atom is 0.191 e. The predicted octanol–water partition coefficient (Wildman–Crippen LogP) is 2.22. The fraction of sp³-hybridized carbons (Fsp3) is 0.917. The van der Waals surface area contributed by atoms with Gasteiger partial charge in [-0.2, -0.15) is 0 Å². The SMILES string of the molecule is CC(C)N=C(N)N(C)C1CCCCC1C. The highest BCUT2D eigenvalue weighted by molar-refractivity contribution is 5.78. The highest BCUT2D eigenvalue weighted by Gasteiger charge is 2.25. The molecule has 0 aromatic rings. The van der Waals surface area contributed by atoms with Crippen LogP contribution in [0, 0.1) is 5.92 Å². The smallest absolute Gasteiger partial charge is 0.191 e. The summed E-state index contributed by atoms with van der Waals surface area (Å²) >= 11 is 0. The molecule has 2 N–H and O–H groups in total. The molecule has 0 radical (unpaired) electrons. The van der Waals surface area contributed by atoms with E-state index in [1.165, 1.54) is 25.7 Å². The average molecular weight is 211 g/mol. The number of nitrogens with zero attached hydrogens (tertiary/aromatic N) is 2. The second-order valence-electron chi connectivity index (χ2n) is 5.02. The van der Waals surface area contributed by atoms with Gasteiger partial charge in [0.25, 0.3) is 0 Å². The molecule has 1 aliphatic rings. The summed E-state index contributed by atoms with van der Waals surface area (Å²) in [5.41, 5.74) is 5.99. The number of guanidine groups is 1. The Morgan fingerprint density at radius 2 is 1.93 bits per heavy atom. The number of hydrogen-bond acceptors (Lipinski definition) is 1. The Morgan fingerprint density at radius 3 is 2.47 bits per heavy atom. The number of nitrogens with two attached hydrogens (primary N) is 1. The molecule has 0 amide bonds. The molecule has 15 heavy (non-hydrogen) atoms. The van der Waals surface area contributed by atoms with Gasteiger partial charge in [-0.25, -0.2) is 0 Å². The van der Waals surface area contributed by atoms with Crippen molar-refractivity contribution in [3.63, 3.8) is 0 Å². The van der Waals surface area contributed by atoms with Crippen molar-refractivity contribution in [1.29, 1.82) is 0 Å². The molecule has 88 valence electrons. The van der Waals surface area contributed by atoms with E-state index >= 15 is 0 Å². The fourth-order valence-electron chi connectivity index (χ4n) is 2.40. The molecule has 2 unspecified atom stereocenters. The largest absolute Gasteiger partial charge is 0.370 e. The Hall–Kier alpha value is -0.730. The minimum absolute atomic E-state index is 0.284. The second kappa shape index (κ2) is 5.38. The first-order chi connectivity index (χ1) is 7.02. The zero-order valence-electron chi connectivity index (χ0n) is 10.5. The van der Waals surface area contributed by atoms with E-state index in [1.54, 1.807) is 0 Å². The van der Waals surface area contributed by atoms with Crippen LogP contribution in [0.3, 0.4) is 0 Å². The molecule has 1 rings (SSSR count). The monoisotopic (exact) mass is 211 g/mol. The first-order valence-corrected chi connectivity index (χ1v) is 6.08. The summed E-state index contributed by atoms with van der Waals surface area (Å²) in [7, 11) is 2.08. The third kappa shape index (κ3) is 3.40. The van der Waals surface area contributed by atoms with Crippen LogP contribution in [0.1, 0.15) is 46.5 Å². The third-order valence-electron chi connectivity index (χ3n) is 3.32. The number of rotatable bonds is 2. The summed E-state index contributed by atoms with van der Waals surface area (Å²) in [6, 6.07) is 0.868. The van der Waals surface area contributed by atoms with Crippen molar-refractivity contribution in [2.45, 2.75) is 58.5 Å². The van der Waals surface area contributed by atoms with E-state index in [0.717, 1.165) is 5.92 Å². The molecule has 0 aliphatic heterocycles. The standard InChI is InChI=1S/C12H25N3/c1-9(2)14-12(13)15(4)11-8-6-5-7-10(11)3/h9-11H,5-8H2,1-4H3,(H2,13,14). The van der Waals surface area contributed by atoms with E-state index < -0.39 is 0 Å². The first-order valence-electron chi connectivity index (χ1n) is 6.08. The Balaban J connectivity index is 2.61. The molecule has 0 heterocycles. The molecule has 0 aromatic carbocycles. The summed E-state index contributed by atoms with van der Waals surface area (Å²) in [4.78, 5) is 6.58. The van der Waals surface area contributed by atoms with E-state index in [9.17, 15) is 0 Å². The average Bonchev–Trinajstić information content (AvgIpc) is 2.16. The first kappa shape index (κ1) is 12.3. The van der Waals surface area contributed by atoms with Crippen molar-refractivity contribution >= 4 is 5.96 Å². The van der Waals surface area contributed by atoms with Gasteiger partial charge in [-0.05, 0) is 32.6 Å². The second-order valence-corrected chi connectivity index (χ2v) is 5.02. The van der Waals surface area contributed by atoms with Gasteiger partial charge < -0.3 is 10.6 Å². The number of aliphatic imine (C=N–C) groups is 1. The van der Waals surface area contributed by atoms with Crippen LogP contribution in [0.4, 0.5) is 0 Å². The van der Waals surface area contributed by atoms with E-state index in [4.69, 9.17) is 5.73 Å². The summed E-state index contributed by atoms with van der Waals surface area (Å²) in [6.45, 7) is 6.44. The van der Waals surface area contributed by atoms with Crippen LogP contribution >= 0.6 is 0 Å². The zero-order valence-corrected chi connectivity index (χ0v) is 10.5. The highest BCUT2D eigenvalue weighted by atomic mass is 15.3. The highest BCUT2D eigenvalue weighted by Crippen LogP contribution is 2.27. The molecule has 0 aromatic heterocycles. The molecule has 0 spiro atoms. The van der Waals surface area contributed by atoms with Crippen LogP contribution in [0.15, 0.2) is 4.99 Å². The summed E-state index contributed by atoms with van der Waals surface area (Å²) in [6.07, 6.45) is 5.27. The van der Waals surface area contributed by atoms with Crippen molar-refractivity contribution in [2.75, 3.05) is 7.05 Å². The van der Waals surface area contributed by atoms with Gasteiger partial charge in [-0.15, -0.1) is 0 Å². The Bertz CT molecular complexity index is 223. The van der Waals surface area contributed by atoms with E-state index in [0.29, 0.717) is 12.0 Å². The Labute approximate surface area is 93.7 Å². The maximum atomic E-state index is 5.99. The minimum Gasteiger partial charge on any atom is -0.370 e. The van der Waals surface area contributed by atoms with Crippen molar-refractivity contribution in [1.82, 2.24) is 4.90 Å². The summed E-state index contributed by atoms with van der Waals surface area (Å²) in [5, 5.41) is 0. The summed E-state index contributed by atoms with van der Waals surface area (Å²) < 4.78 is 0. The third-order valence-corrected chi connectivity index (χ3v) is 3.32. The lowest BCUT2D eigenvalue weighted by atomic mass is 9.85. The lowest BCUT2D eigenvalue weighted by Gasteiger charge is -2.37.